The van der Waals surface area contributed by atoms with Crippen molar-refractivity contribution in [1.82, 2.24) is 5.32 Å². The molecule has 0 aromatic carbocycles. The van der Waals surface area contributed by atoms with Crippen LogP contribution in [0.15, 0.2) is 0 Å². The van der Waals surface area contributed by atoms with Crippen molar-refractivity contribution >= 4 is 23.5 Å². The third kappa shape index (κ3) is 4.45. The van der Waals surface area contributed by atoms with Crippen molar-refractivity contribution in [3.63, 3.8) is 0 Å². The van der Waals surface area contributed by atoms with Crippen LogP contribution >= 0.6 is 23.5 Å². The van der Waals surface area contributed by atoms with Crippen LogP contribution in [0.1, 0.15) is 33.1 Å². The van der Waals surface area contributed by atoms with Gasteiger partial charge in [-0.2, -0.15) is 23.5 Å². The fourth-order valence-electron chi connectivity index (χ4n) is 1.89. The molecule has 0 saturated carbocycles. The second-order valence-electron chi connectivity index (χ2n) is 4.17. The van der Waals surface area contributed by atoms with Gasteiger partial charge in [0.05, 0.1) is 0 Å². The van der Waals surface area contributed by atoms with Crippen molar-refractivity contribution < 1.29 is 0 Å². The summed E-state index contributed by atoms with van der Waals surface area (Å²) in [6.45, 7) is 4.69. The highest BCUT2D eigenvalue weighted by atomic mass is 32.2. The van der Waals surface area contributed by atoms with Crippen LogP contribution in [0.2, 0.25) is 0 Å². The van der Waals surface area contributed by atoms with Gasteiger partial charge >= 0.3 is 0 Å². The average molecular weight is 233 g/mol. The molecule has 3 heteroatoms. The number of nitrogens with one attached hydrogen (secondary N) is 1. The molecule has 0 aromatic rings. The molecule has 1 aliphatic rings. The van der Waals surface area contributed by atoms with E-state index in [2.05, 4.69) is 37.2 Å². The van der Waals surface area contributed by atoms with E-state index in [0.29, 0.717) is 6.04 Å². The molecule has 0 aliphatic carbocycles. The minimum absolute atomic E-state index is 0.689. The molecule has 1 N–H and O–H groups in total. The third-order valence-corrected chi connectivity index (χ3v) is 4.88. The molecule has 1 fully saturated rings. The first-order valence-corrected chi connectivity index (χ1v) is 8.05. The van der Waals surface area contributed by atoms with Crippen molar-refractivity contribution in [2.45, 2.75) is 50.4 Å². The average Bonchev–Trinajstić information content (AvgIpc) is 2.18. The monoisotopic (exact) mass is 233 g/mol. The van der Waals surface area contributed by atoms with E-state index >= 15 is 0 Å². The summed E-state index contributed by atoms with van der Waals surface area (Å²) in [6.07, 6.45) is 6.25. The second-order valence-corrected chi connectivity index (χ2v) is 6.64. The van der Waals surface area contributed by atoms with E-state index in [0.717, 1.165) is 11.3 Å². The molecule has 3 atom stereocenters. The van der Waals surface area contributed by atoms with Crippen LogP contribution in [0.5, 0.6) is 0 Å². The maximum absolute atomic E-state index is 3.77. The highest BCUT2D eigenvalue weighted by Gasteiger charge is 2.22. The Morgan fingerprint density at radius 1 is 1.57 bits per heavy atom. The number of rotatable bonds is 5. The van der Waals surface area contributed by atoms with Gasteiger partial charge in [-0.15, -0.1) is 0 Å². The standard InChI is InChI=1S/C11H23NS2/c1-9(6-8-13-3)12-11-5-4-7-14-10(11)2/h9-12H,4-8H2,1-3H3. The summed E-state index contributed by atoms with van der Waals surface area (Å²) < 4.78 is 0. The zero-order valence-corrected chi connectivity index (χ0v) is 11.2. The molecule has 1 heterocycles. The molecule has 0 radical (unpaired) electrons. The molecule has 1 aliphatic heterocycles. The molecule has 0 spiro atoms. The van der Waals surface area contributed by atoms with E-state index in [1.807, 2.05) is 11.8 Å². The third-order valence-electron chi connectivity index (χ3n) is 2.86. The fourth-order valence-corrected chi connectivity index (χ4v) is 3.63. The lowest BCUT2D eigenvalue weighted by molar-refractivity contribution is 0.405. The first-order valence-electron chi connectivity index (χ1n) is 5.60. The van der Waals surface area contributed by atoms with Crippen LogP contribution in [-0.2, 0) is 0 Å². The largest absolute Gasteiger partial charge is 0.310 e. The van der Waals surface area contributed by atoms with E-state index in [9.17, 15) is 0 Å². The lowest BCUT2D eigenvalue weighted by Crippen LogP contribution is -2.44. The van der Waals surface area contributed by atoms with Gasteiger partial charge in [-0.1, -0.05) is 6.92 Å². The Bertz CT molecular complexity index is 152. The second kappa shape index (κ2) is 7.02. The Morgan fingerprint density at radius 3 is 3.00 bits per heavy atom. The lowest BCUT2D eigenvalue weighted by atomic mass is 10.1. The molecule has 84 valence electrons. The topological polar surface area (TPSA) is 12.0 Å². The quantitative estimate of drug-likeness (QED) is 0.784. The molecule has 0 bridgehead atoms. The zero-order valence-electron chi connectivity index (χ0n) is 9.58. The summed E-state index contributed by atoms with van der Waals surface area (Å²) in [5, 5.41) is 4.58. The van der Waals surface area contributed by atoms with Crippen LogP contribution in [0, 0.1) is 0 Å². The van der Waals surface area contributed by atoms with Gasteiger partial charge < -0.3 is 5.32 Å². The number of hydrogen-bond acceptors (Lipinski definition) is 3. The highest BCUT2D eigenvalue weighted by Crippen LogP contribution is 2.25. The summed E-state index contributed by atoms with van der Waals surface area (Å²) in [6, 6.07) is 1.44. The minimum atomic E-state index is 0.689. The first-order chi connectivity index (χ1) is 6.74. The van der Waals surface area contributed by atoms with Crippen molar-refractivity contribution in [3.8, 4) is 0 Å². The van der Waals surface area contributed by atoms with Crippen molar-refractivity contribution in [3.05, 3.63) is 0 Å². The van der Waals surface area contributed by atoms with E-state index in [1.165, 1.54) is 30.8 Å². The van der Waals surface area contributed by atoms with E-state index in [4.69, 9.17) is 0 Å². The van der Waals surface area contributed by atoms with Gasteiger partial charge in [0.25, 0.3) is 0 Å². The molecule has 1 rings (SSSR count). The fraction of sp³-hybridized carbons (Fsp3) is 1.00. The Labute approximate surface area is 97.2 Å². The van der Waals surface area contributed by atoms with Gasteiger partial charge in [0, 0.05) is 17.3 Å². The van der Waals surface area contributed by atoms with Gasteiger partial charge in [0.2, 0.25) is 0 Å². The van der Waals surface area contributed by atoms with Crippen LogP contribution < -0.4 is 5.32 Å². The molecular formula is C11H23NS2. The van der Waals surface area contributed by atoms with Crippen LogP contribution in [0.3, 0.4) is 0 Å². The molecule has 0 aromatic heterocycles. The Balaban J connectivity index is 2.20. The van der Waals surface area contributed by atoms with Crippen molar-refractivity contribution in [2.24, 2.45) is 0 Å². The van der Waals surface area contributed by atoms with Gasteiger partial charge in [0.15, 0.2) is 0 Å². The maximum Gasteiger partial charge on any atom is 0.0186 e. The maximum atomic E-state index is 3.77. The molecule has 14 heavy (non-hydrogen) atoms. The van der Waals surface area contributed by atoms with E-state index in [-0.39, 0.29) is 0 Å². The lowest BCUT2D eigenvalue weighted by Gasteiger charge is -2.31. The van der Waals surface area contributed by atoms with E-state index < -0.39 is 0 Å². The predicted octanol–water partition coefficient (Wildman–Crippen LogP) is 3.00. The molecule has 3 unspecified atom stereocenters. The van der Waals surface area contributed by atoms with Gasteiger partial charge in [-0.05, 0) is 43.9 Å². The van der Waals surface area contributed by atoms with Crippen LogP contribution in [0.25, 0.3) is 0 Å². The van der Waals surface area contributed by atoms with Crippen molar-refractivity contribution in [2.75, 3.05) is 17.8 Å². The Hall–Kier alpha value is 0.660. The molecule has 0 amide bonds. The predicted molar refractivity (Wildman–Crippen MR) is 70.5 cm³/mol. The van der Waals surface area contributed by atoms with Gasteiger partial charge in [-0.25, -0.2) is 0 Å². The summed E-state index contributed by atoms with van der Waals surface area (Å²) in [5.41, 5.74) is 0. The highest BCUT2D eigenvalue weighted by molar-refractivity contribution is 8.00. The molecule has 1 nitrogen and oxygen atoms in total. The molecular weight excluding hydrogens is 210 g/mol. The minimum Gasteiger partial charge on any atom is -0.310 e. The van der Waals surface area contributed by atoms with Crippen molar-refractivity contribution in [1.29, 1.82) is 0 Å². The Morgan fingerprint density at radius 2 is 2.36 bits per heavy atom. The van der Waals surface area contributed by atoms with E-state index in [1.54, 1.807) is 0 Å². The Kier molecular flexibility index (Phi) is 6.38. The molecule has 1 saturated heterocycles. The van der Waals surface area contributed by atoms with Gasteiger partial charge in [0.1, 0.15) is 0 Å². The van der Waals surface area contributed by atoms with Gasteiger partial charge in [-0.3, -0.25) is 0 Å². The summed E-state index contributed by atoms with van der Waals surface area (Å²) in [5.74, 6) is 2.64. The number of thioether (sulfide) groups is 2. The zero-order chi connectivity index (χ0) is 10.4. The summed E-state index contributed by atoms with van der Waals surface area (Å²) >= 11 is 4.07. The van der Waals surface area contributed by atoms with Crippen LogP contribution in [-0.4, -0.2) is 35.1 Å². The normalized spacial score (nSPS) is 30.2. The first kappa shape index (κ1) is 12.7. The van der Waals surface area contributed by atoms with Crippen LogP contribution in [0.4, 0.5) is 0 Å². The SMILES string of the molecule is CSCCC(C)NC1CCCSC1C. The summed E-state index contributed by atoms with van der Waals surface area (Å²) in [7, 11) is 0. The summed E-state index contributed by atoms with van der Waals surface area (Å²) in [4.78, 5) is 0. The number of hydrogen-bond donors (Lipinski definition) is 1. The smallest absolute Gasteiger partial charge is 0.0186 e.